The molecule has 1 nitrogen and oxygen atoms in total. The van der Waals surface area contributed by atoms with Crippen molar-refractivity contribution in [1.82, 2.24) is 4.98 Å². The SMILES string of the molecule is Cc1ccc2c(-c3ccc(-c4ccccc4)cc3)c3ccc4c(c3nc2c1)C=CCC4. The Labute approximate surface area is 182 Å². The van der Waals surface area contributed by atoms with Gasteiger partial charge in [0, 0.05) is 21.9 Å². The third-order valence-electron chi connectivity index (χ3n) is 6.38. The summed E-state index contributed by atoms with van der Waals surface area (Å²) in [6, 6.07) is 30.7. The van der Waals surface area contributed by atoms with E-state index >= 15 is 0 Å². The van der Waals surface area contributed by atoms with Gasteiger partial charge in [-0.1, -0.05) is 91.0 Å². The van der Waals surface area contributed by atoms with Crippen LogP contribution in [0.5, 0.6) is 0 Å². The van der Waals surface area contributed by atoms with Crippen LogP contribution in [0.2, 0.25) is 0 Å². The van der Waals surface area contributed by atoms with Crippen molar-refractivity contribution in [2.24, 2.45) is 0 Å². The number of hydrogen-bond donors (Lipinski definition) is 0. The highest BCUT2D eigenvalue weighted by Crippen LogP contribution is 2.39. The molecule has 0 saturated heterocycles. The van der Waals surface area contributed by atoms with Crippen LogP contribution in [-0.2, 0) is 6.42 Å². The van der Waals surface area contributed by atoms with Gasteiger partial charge in [-0.2, -0.15) is 0 Å². The fourth-order valence-electron chi connectivity index (χ4n) is 4.80. The molecule has 1 heterocycles. The number of hydrogen-bond acceptors (Lipinski definition) is 1. The van der Waals surface area contributed by atoms with Crippen molar-refractivity contribution in [3.63, 3.8) is 0 Å². The van der Waals surface area contributed by atoms with Crippen LogP contribution in [0.4, 0.5) is 0 Å². The van der Waals surface area contributed by atoms with Gasteiger partial charge in [-0.15, -0.1) is 0 Å². The Morgan fingerprint density at radius 1 is 0.710 bits per heavy atom. The van der Waals surface area contributed by atoms with Crippen LogP contribution >= 0.6 is 0 Å². The van der Waals surface area contributed by atoms with E-state index in [0.29, 0.717) is 0 Å². The largest absolute Gasteiger partial charge is 0.247 e. The second kappa shape index (κ2) is 7.21. The molecule has 4 aromatic carbocycles. The van der Waals surface area contributed by atoms with Crippen LogP contribution in [0.1, 0.15) is 23.1 Å². The molecule has 1 aromatic heterocycles. The molecular weight excluding hydrogens is 374 g/mol. The van der Waals surface area contributed by atoms with Crippen molar-refractivity contribution in [2.45, 2.75) is 19.8 Å². The van der Waals surface area contributed by atoms with Crippen LogP contribution in [0.25, 0.3) is 50.1 Å². The molecule has 0 amide bonds. The molecule has 0 fully saturated rings. The Bertz CT molecular complexity index is 1460. The van der Waals surface area contributed by atoms with E-state index in [9.17, 15) is 0 Å². The summed E-state index contributed by atoms with van der Waals surface area (Å²) in [5, 5.41) is 2.44. The predicted octanol–water partition coefficient (Wildman–Crippen LogP) is 7.99. The Hall–Kier alpha value is -3.71. The first-order valence-corrected chi connectivity index (χ1v) is 11.0. The van der Waals surface area contributed by atoms with Gasteiger partial charge in [0.15, 0.2) is 0 Å². The fourth-order valence-corrected chi connectivity index (χ4v) is 4.80. The molecule has 0 saturated carbocycles. The van der Waals surface area contributed by atoms with Crippen molar-refractivity contribution >= 4 is 27.9 Å². The molecule has 0 atom stereocenters. The van der Waals surface area contributed by atoms with Gasteiger partial charge in [0.05, 0.1) is 11.0 Å². The van der Waals surface area contributed by atoms with Gasteiger partial charge in [0.25, 0.3) is 0 Å². The minimum Gasteiger partial charge on any atom is -0.247 e. The molecule has 0 spiro atoms. The maximum absolute atomic E-state index is 5.15. The smallest absolute Gasteiger partial charge is 0.0790 e. The summed E-state index contributed by atoms with van der Waals surface area (Å²) in [7, 11) is 0. The number of aromatic nitrogens is 1. The van der Waals surface area contributed by atoms with Gasteiger partial charge < -0.3 is 0 Å². The highest BCUT2D eigenvalue weighted by Gasteiger charge is 2.16. The Kier molecular flexibility index (Phi) is 4.21. The number of rotatable bonds is 2. The zero-order valence-electron chi connectivity index (χ0n) is 17.6. The highest BCUT2D eigenvalue weighted by atomic mass is 14.7. The summed E-state index contributed by atoms with van der Waals surface area (Å²) < 4.78 is 0. The van der Waals surface area contributed by atoms with Crippen LogP contribution in [0, 0.1) is 6.92 Å². The number of pyridine rings is 1. The Balaban J connectivity index is 1.63. The van der Waals surface area contributed by atoms with Crippen molar-refractivity contribution in [2.75, 3.05) is 0 Å². The van der Waals surface area contributed by atoms with Gasteiger partial charge in [0.2, 0.25) is 0 Å². The molecule has 1 aliphatic carbocycles. The molecule has 31 heavy (non-hydrogen) atoms. The summed E-state index contributed by atoms with van der Waals surface area (Å²) in [6.07, 6.45) is 6.74. The van der Waals surface area contributed by atoms with E-state index in [2.05, 4.69) is 104 Å². The van der Waals surface area contributed by atoms with Crippen LogP contribution in [0.15, 0.2) is 91.0 Å². The normalized spacial score (nSPS) is 12.9. The first kappa shape index (κ1) is 18.1. The molecule has 0 aliphatic heterocycles. The third-order valence-corrected chi connectivity index (χ3v) is 6.38. The summed E-state index contributed by atoms with van der Waals surface area (Å²) in [6.45, 7) is 2.14. The number of nitrogens with zero attached hydrogens (tertiary/aromatic N) is 1. The van der Waals surface area contributed by atoms with E-state index in [1.807, 2.05) is 0 Å². The van der Waals surface area contributed by atoms with Crippen LogP contribution in [0.3, 0.4) is 0 Å². The maximum Gasteiger partial charge on any atom is 0.0790 e. The second-order valence-electron chi connectivity index (χ2n) is 8.43. The zero-order chi connectivity index (χ0) is 20.8. The standard InChI is InChI=1S/C30H23N/c1-20-11-17-26-28(19-20)31-30-25-10-6-5-9-23(25)16-18-27(30)29(26)24-14-12-22(13-15-24)21-7-3-2-4-8-21/h2-4,6-8,10-19H,5,9H2,1H3. The summed E-state index contributed by atoms with van der Waals surface area (Å²) >= 11 is 0. The first-order chi connectivity index (χ1) is 15.3. The first-order valence-electron chi connectivity index (χ1n) is 11.0. The van der Waals surface area contributed by atoms with Crippen molar-refractivity contribution in [1.29, 1.82) is 0 Å². The number of benzene rings is 4. The molecule has 6 rings (SSSR count). The van der Waals surface area contributed by atoms with Gasteiger partial charge in [-0.05, 0) is 53.6 Å². The Morgan fingerprint density at radius 3 is 2.29 bits per heavy atom. The lowest BCUT2D eigenvalue weighted by Crippen LogP contribution is -1.98. The van der Waals surface area contributed by atoms with E-state index in [4.69, 9.17) is 4.98 Å². The van der Waals surface area contributed by atoms with Gasteiger partial charge in [-0.3, -0.25) is 0 Å². The summed E-state index contributed by atoms with van der Waals surface area (Å²) in [5.74, 6) is 0. The molecule has 0 N–H and O–H groups in total. The van der Waals surface area contributed by atoms with Crippen molar-refractivity contribution < 1.29 is 0 Å². The summed E-state index contributed by atoms with van der Waals surface area (Å²) in [5.41, 5.74) is 11.1. The molecule has 1 heteroatoms. The van der Waals surface area contributed by atoms with E-state index in [1.54, 1.807) is 0 Å². The molecule has 0 bridgehead atoms. The lowest BCUT2D eigenvalue weighted by Gasteiger charge is -2.17. The zero-order valence-corrected chi connectivity index (χ0v) is 17.6. The number of allylic oxidation sites excluding steroid dienone is 1. The molecular formula is C30H23N. The van der Waals surface area contributed by atoms with Crippen molar-refractivity contribution in [3.05, 3.63) is 108 Å². The average molecular weight is 398 g/mol. The second-order valence-corrected chi connectivity index (χ2v) is 8.43. The number of fused-ring (bicyclic) bond motifs is 4. The molecule has 1 aliphatic rings. The molecule has 5 aromatic rings. The van der Waals surface area contributed by atoms with E-state index < -0.39 is 0 Å². The predicted molar refractivity (Wildman–Crippen MR) is 132 cm³/mol. The number of aryl methyl sites for hydroxylation is 2. The van der Waals surface area contributed by atoms with Crippen LogP contribution in [-0.4, -0.2) is 4.98 Å². The average Bonchev–Trinajstić information content (AvgIpc) is 2.83. The minimum atomic E-state index is 1.07. The third kappa shape index (κ3) is 3.05. The van der Waals surface area contributed by atoms with Gasteiger partial charge >= 0.3 is 0 Å². The Morgan fingerprint density at radius 2 is 1.45 bits per heavy atom. The van der Waals surface area contributed by atoms with E-state index in [-0.39, 0.29) is 0 Å². The van der Waals surface area contributed by atoms with E-state index in [1.165, 1.54) is 49.7 Å². The van der Waals surface area contributed by atoms with Gasteiger partial charge in [0.1, 0.15) is 0 Å². The van der Waals surface area contributed by atoms with Crippen LogP contribution < -0.4 is 0 Å². The summed E-state index contributed by atoms with van der Waals surface area (Å²) in [4.78, 5) is 5.15. The fraction of sp³-hybridized carbons (Fsp3) is 0.100. The molecule has 0 unspecified atom stereocenters. The molecule has 0 radical (unpaired) electrons. The maximum atomic E-state index is 5.15. The van der Waals surface area contributed by atoms with Gasteiger partial charge in [-0.25, -0.2) is 4.98 Å². The monoisotopic (exact) mass is 397 g/mol. The molecule has 148 valence electrons. The minimum absolute atomic E-state index is 1.07. The highest BCUT2D eigenvalue weighted by molar-refractivity contribution is 6.11. The van der Waals surface area contributed by atoms with E-state index in [0.717, 1.165) is 23.9 Å². The quantitative estimate of drug-likeness (QED) is 0.275. The topological polar surface area (TPSA) is 12.9 Å². The lowest BCUT2D eigenvalue weighted by atomic mass is 9.89. The lowest BCUT2D eigenvalue weighted by molar-refractivity contribution is 0.988. The van der Waals surface area contributed by atoms with Crippen molar-refractivity contribution in [3.8, 4) is 22.3 Å².